The van der Waals surface area contributed by atoms with Crippen LogP contribution in [-0.2, 0) is 21.9 Å². The molecule has 0 radical (unpaired) electrons. The fourth-order valence-corrected chi connectivity index (χ4v) is 4.47. The van der Waals surface area contributed by atoms with Gasteiger partial charge in [0.05, 0.1) is 11.1 Å². The number of amides is 1. The van der Waals surface area contributed by atoms with Crippen molar-refractivity contribution in [3.05, 3.63) is 34.4 Å². The zero-order valence-corrected chi connectivity index (χ0v) is 16.5. The molecule has 0 spiro atoms. The maximum absolute atomic E-state index is 12.7. The summed E-state index contributed by atoms with van der Waals surface area (Å²) in [7, 11) is -2.02. The van der Waals surface area contributed by atoms with Gasteiger partial charge in [-0.15, -0.1) is 0 Å². The molecule has 2 aromatic heterocycles. The third-order valence-electron chi connectivity index (χ3n) is 4.71. The maximum atomic E-state index is 12.7. The molecule has 0 aromatic carbocycles. The van der Waals surface area contributed by atoms with Crippen LogP contribution in [0.3, 0.4) is 0 Å². The lowest BCUT2D eigenvalue weighted by molar-refractivity contribution is -0.385. The van der Waals surface area contributed by atoms with Crippen molar-refractivity contribution in [1.29, 1.82) is 0 Å². The van der Waals surface area contributed by atoms with Crippen LogP contribution < -0.4 is 0 Å². The summed E-state index contributed by atoms with van der Waals surface area (Å²) in [6.07, 6.45) is 3.96. The van der Waals surface area contributed by atoms with Gasteiger partial charge in [0.15, 0.2) is 0 Å². The van der Waals surface area contributed by atoms with Crippen LogP contribution in [0.5, 0.6) is 0 Å². The quantitative estimate of drug-likeness (QED) is 0.496. The maximum Gasteiger partial charge on any atom is 0.309 e. The highest BCUT2D eigenvalue weighted by molar-refractivity contribution is 7.89. The van der Waals surface area contributed by atoms with E-state index in [1.54, 1.807) is 18.9 Å². The van der Waals surface area contributed by atoms with Crippen molar-refractivity contribution >= 4 is 21.6 Å². The Morgan fingerprint density at radius 3 is 2.39 bits per heavy atom. The molecule has 12 nitrogen and oxygen atoms in total. The third-order valence-corrected chi connectivity index (χ3v) is 6.56. The number of hydrogen-bond acceptors (Lipinski definition) is 7. The van der Waals surface area contributed by atoms with Gasteiger partial charge < -0.3 is 4.90 Å². The van der Waals surface area contributed by atoms with Gasteiger partial charge in [-0.05, 0) is 13.8 Å². The van der Waals surface area contributed by atoms with Crippen LogP contribution in [0.25, 0.3) is 0 Å². The molecule has 1 fully saturated rings. The van der Waals surface area contributed by atoms with Crippen LogP contribution in [0.15, 0.2) is 23.5 Å². The van der Waals surface area contributed by atoms with Crippen LogP contribution in [0, 0.1) is 17.0 Å². The molecule has 0 N–H and O–H groups in total. The number of hydrogen-bond donors (Lipinski definition) is 0. The SMILES string of the molecule is Cc1nn(C(C)C(=O)N2CCN(S(=O)(=O)c3cnn(C)c3)CC2)cc1[N+](=O)[O-]. The molecule has 13 heteroatoms. The Kier molecular flexibility index (Phi) is 5.21. The Balaban J connectivity index is 1.66. The summed E-state index contributed by atoms with van der Waals surface area (Å²) in [5.41, 5.74) is 0.0871. The topological polar surface area (TPSA) is 136 Å². The van der Waals surface area contributed by atoms with Crippen molar-refractivity contribution in [3.63, 3.8) is 0 Å². The van der Waals surface area contributed by atoms with Crippen molar-refractivity contribution in [3.8, 4) is 0 Å². The summed E-state index contributed by atoms with van der Waals surface area (Å²) in [6, 6.07) is -0.728. The van der Waals surface area contributed by atoms with Crippen molar-refractivity contribution in [2.45, 2.75) is 24.8 Å². The first-order valence-electron chi connectivity index (χ1n) is 8.59. The molecule has 2 aromatic rings. The van der Waals surface area contributed by atoms with E-state index < -0.39 is 21.0 Å². The van der Waals surface area contributed by atoms with Gasteiger partial charge in [0.2, 0.25) is 15.9 Å². The molecule has 0 bridgehead atoms. The molecule has 1 aliphatic rings. The van der Waals surface area contributed by atoms with E-state index in [1.165, 1.54) is 39.2 Å². The van der Waals surface area contributed by atoms with Gasteiger partial charge >= 0.3 is 5.69 Å². The van der Waals surface area contributed by atoms with Gasteiger partial charge in [0, 0.05) is 39.4 Å². The molecule has 1 aliphatic heterocycles. The molecule has 1 saturated heterocycles. The lowest BCUT2D eigenvalue weighted by atomic mass is 10.2. The summed E-state index contributed by atoms with van der Waals surface area (Å²) >= 11 is 0. The molecule has 28 heavy (non-hydrogen) atoms. The van der Waals surface area contributed by atoms with E-state index in [0.717, 1.165) is 0 Å². The van der Waals surface area contributed by atoms with Crippen LogP contribution in [0.1, 0.15) is 18.7 Å². The first-order chi connectivity index (χ1) is 13.1. The number of carbonyl (C=O) groups excluding carboxylic acids is 1. The molecule has 1 amide bonds. The number of aryl methyl sites for hydroxylation is 2. The molecular formula is C15H21N7O5S. The zero-order chi connectivity index (χ0) is 20.6. The summed E-state index contributed by atoms with van der Waals surface area (Å²) in [5, 5.41) is 18.9. The normalized spacial score (nSPS) is 16.9. The summed E-state index contributed by atoms with van der Waals surface area (Å²) in [6.45, 7) is 3.89. The predicted octanol–water partition coefficient (Wildman–Crippen LogP) is -0.0727. The number of carbonyl (C=O) groups is 1. The smallest absolute Gasteiger partial charge is 0.309 e. The van der Waals surface area contributed by atoms with Gasteiger partial charge in [-0.1, -0.05) is 0 Å². The van der Waals surface area contributed by atoms with Gasteiger partial charge in [-0.2, -0.15) is 14.5 Å². The number of piperazine rings is 1. The Morgan fingerprint density at radius 2 is 1.89 bits per heavy atom. The number of nitrogens with zero attached hydrogens (tertiary/aromatic N) is 7. The summed E-state index contributed by atoms with van der Waals surface area (Å²) < 4.78 is 29.3. The lowest BCUT2D eigenvalue weighted by Crippen LogP contribution is -2.51. The molecule has 0 saturated carbocycles. The Labute approximate surface area is 161 Å². The second-order valence-electron chi connectivity index (χ2n) is 6.59. The fourth-order valence-electron chi connectivity index (χ4n) is 3.06. The van der Waals surface area contributed by atoms with E-state index in [-0.39, 0.29) is 48.4 Å². The highest BCUT2D eigenvalue weighted by atomic mass is 32.2. The minimum Gasteiger partial charge on any atom is -0.338 e. The van der Waals surface area contributed by atoms with Crippen LogP contribution >= 0.6 is 0 Å². The summed E-state index contributed by atoms with van der Waals surface area (Å²) in [5.74, 6) is -0.268. The number of rotatable bonds is 5. The highest BCUT2D eigenvalue weighted by Crippen LogP contribution is 2.21. The minimum atomic E-state index is -3.66. The molecule has 3 heterocycles. The molecule has 152 valence electrons. The first-order valence-corrected chi connectivity index (χ1v) is 10.0. The van der Waals surface area contributed by atoms with Crippen molar-refractivity contribution in [2.75, 3.05) is 26.2 Å². The zero-order valence-electron chi connectivity index (χ0n) is 15.7. The average Bonchev–Trinajstić information content (AvgIpc) is 3.27. The van der Waals surface area contributed by atoms with E-state index in [2.05, 4.69) is 10.2 Å². The number of nitro groups is 1. The van der Waals surface area contributed by atoms with Crippen molar-refractivity contribution < 1.29 is 18.1 Å². The van der Waals surface area contributed by atoms with E-state index in [1.807, 2.05) is 0 Å². The Hall–Kier alpha value is -2.80. The molecule has 1 atom stereocenters. The molecular weight excluding hydrogens is 390 g/mol. The van der Waals surface area contributed by atoms with Gasteiger partial charge in [0.25, 0.3) is 0 Å². The molecule has 3 rings (SSSR count). The van der Waals surface area contributed by atoms with E-state index in [0.29, 0.717) is 0 Å². The average molecular weight is 411 g/mol. The van der Waals surface area contributed by atoms with Gasteiger partial charge in [-0.25, -0.2) is 8.42 Å². The molecule has 1 unspecified atom stereocenters. The second-order valence-corrected chi connectivity index (χ2v) is 8.53. The number of aromatic nitrogens is 4. The van der Waals surface area contributed by atoms with E-state index in [9.17, 15) is 23.3 Å². The number of sulfonamides is 1. The van der Waals surface area contributed by atoms with Gasteiger partial charge in [-0.3, -0.25) is 24.3 Å². The minimum absolute atomic E-state index is 0.113. The first kappa shape index (κ1) is 19.9. The fraction of sp³-hybridized carbons (Fsp3) is 0.533. The summed E-state index contributed by atoms with van der Waals surface area (Å²) in [4.78, 5) is 24.8. The van der Waals surface area contributed by atoms with Crippen LogP contribution in [0.2, 0.25) is 0 Å². The molecule has 0 aliphatic carbocycles. The van der Waals surface area contributed by atoms with Crippen molar-refractivity contribution in [2.24, 2.45) is 7.05 Å². The Morgan fingerprint density at radius 1 is 1.25 bits per heavy atom. The second kappa shape index (κ2) is 7.31. The van der Waals surface area contributed by atoms with Crippen LogP contribution in [-0.4, -0.2) is 74.2 Å². The van der Waals surface area contributed by atoms with E-state index >= 15 is 0 Å². The van der Waals surface area contributed by atoms with Crippen molar-refractivity contribution in [1.82, 2.24) is 28.8 Å². The van der Waals surface area contributed by atoms with E-state index in [4.69, 9.17) is 0 Å². The standard InChI is InChI=1S/C15H21N7O5S/c1-11-14(22(24)25)10-21(17-11)12(2)15(23)19-4-6-20(7-5-19)28(26,27)13-8-16-18(3)9-13/h8-10,12H,4-7H2,1-3H3. The lowest BCUT2D eigenvalue weighted by Gasteiger charge is -2.35. The Bertz CT molecular complexity index is 1000. The third kappa shape index (κ3) is 3.62. The largest absolute Gasteiger partial charge is 0.338 e. The predicted molar refractivity (Wildman–Crippen MR) is 96.9 cm³/mol. The monoisotopic (exact) mass is 411 g/mol. The highest BCUT2D eigenvalue weighted by Gasteiger charge is 2.33. The van der Waals surface area contributed by atoms with Gasteiger partial charge in [0.1, 0.15) is 22.8 Å². The van der Waals surface area contributed by atoms with Crippen LogP contribution in [0.4, 0.5) is 5.69 Å².